The molecule has 2 aromatic rings. The van der Waals surface area contributed by atoms with Gasteiger partial charge in [-0.3, -0.25) is 4.55 Å². The van der Waals surface area contributed by atoms with Gasteiger partial charge in [-0.05, 0) is 48.7 Å². The van der Waals surface area contributed by atoms with Crippen molar-refractivity contribution >= 4 is 10.1 Å². The van der Waals surface area contributed by atoms with Crippen molar-refractivity contribution in [3.8, 4) is 17.2 Å². The molecule has 25 heavy (non-hydrogen) atoms. The molecule has 2 rings (SSSR count). The van der Waals surface area contributed by atoms with E-state index in [1.807, 2.05) is 0 Å². The number of benzene rings is 2. The molecule has 130 valence electrons. The molecule has 0 spiro atoms. The molecule has 0 fully saturated rings. The van der Waals surface area contributed by atoms with Gasteiger partial charge in [-0.1, -0.05) is 38.3 Å². The van der Waals surface area contributed by atoms with Gasteiger partial charge in [-0.25, -0.2) is 0 Å². The zero-order valence-electron chi connectivity index (χ0n) is 14.6. The summed E-state index contributed by atoms with van der Waals surface area (Å²) in [6.45, 7) is 2.14. The van der Waals surface area contributed by atoms with Crippen LogP contribution in [-0.2, 0) is 16.5 Å². The minimum atomic E-state index is -4.22. The van der Waals surface area contributed by atoms with Crippen LogP contribution in [0.15, 0.2) is 47.4 Å². The Morgan fingerprint density at radius 1 is 1.04 bits per heavy atom. The van der Waals surface area contributed by atoms with Crippen LogP contribution in [0, 0.1) is 0 Å². The van der Waals surface area contributed by atoms with Crippen LogP contribution in [0.1, 0.15) is 38.2 Å². The molecular weight excluding hydrogens is 351 g/mol. The number of hydrogen-bond acceptors (Lipinski definition) is 4. The summed E-state index contributed by atoms with van der Waals surface area (Å²) in [6, 6.07) is 10.1. The number of unbranched alkanes of at least 4 members (excludes halogenated alkanes) is 3. The van der Waals surface area contributed by atoms with Crippen LogP contribution in [0.2, 0.25) is 0 Å². The van der Waals surface area contributed by atoms with Gasteiger partial charge >= 0.3 is 29.6 Å². The van der Waals surface area contributed by atoms with Crippen LogP contribution in [0.4, 0.5) is 0 Å². The van der Waals surface area contributed by atoms with Crippen molar-refractivity contribution < 1.29 is 52.4 Å². The van der Waals surface area contributed by atoms with E-state index < -0.39 is 10.1 Å². The van der Waals surface area contributed by atoms with E-state index in [2.05, 4.69) is 6.92 Å². The van der Waals surface area contributed by atoms with E-state index in [0.717, 1.165) is 37.7 Å². The zero-order valence-corrected chi connectivity index (χ0v) is 17.4. The van der Waals surface area contributed by atoms with E-state index in [9.17, 15) is 13.5 Å². The zero-order chi connectivity index (χ0) is 17.6. The van der Waals surface area contributed by atoms with Crippen LogP contribution in [0.25, 0.3) is 0 Å². The summed E-state index contributed by atoms with van der Waals surface area (Å²) >= 11 is 0. The normalized spacial score (nSPS) is 11.0. The van der Waals surface area contributed by atoms with Crippen molar-refractivity contribution in [1.82, 2.24) is 0 Å². The molecule has 5 nitrogen and oxygen atoms in total. The summed E-state index contributed by atoms with van der Waals surface area (Å²) in [6.07, 6.45) is 5.14. The molecule has 0 unspecified atom stereocenters. The minimum Gasteiger partial charge on any atom is -0.872 e. The van der Waals surface area contributed by atoms with Crippen molar-refractivity contribution in [1.29, 1.82) is 0 Å². The van der Waals surface area contributed by atoms with Gasteiger partial charge < -0.3 is 9.84 Å². The molecule has 0 heterocycles. The third kappa shape index (κ3) is 6.99. The summed E-state index contributed by atoms with van der Waals surface area (Å²) in [5, 5.41) is 11.6. The molecular formula is C18H21NaO5S. The standard InChI is InChI=1S/C18H22O5S.Na/c1-2-3-4-5-6-14-13-15(19)7-12-18(14)23-16-8-10-17(11-9-16)24(20,21)22;/h7-13,19H,2-6H2,1H3,(H,20,21,22);/q;+1/p-1. The molecule has 0 aliphatic heterocycles. The molecule has 0 saturated carbocycles. The van der Waals surface area contributed by atoms with E-state index >= 15 is 0 Å². The van der Waals surface area contributed by atoms with Crippen LogP contribution < -0.4 is 39.4 Å². The predicted octanol–water partition coefficient (Wildman–Crippen LogP) is 0.926. The first-order chi connectivity index (χ1) is 11.4. The average molecular weight is 372 g/mol. The van der Waals surface area contributed by atoms with Crippen LogP contribution in [-0.4, -0.2) is 13.0 Å². The summed E-state index contributed by atoms with van der Waals surface area (Å²) in [4.78, 5) is -0.190. The smallest absolute Gasteiger partial charge is 0.872 e. The Morgan fingerprint density at radius 3 is 2.32 bits per heavy atom. The van der Waals surface area contributed by atoms with E-state index in [1.54, 1.807) is 12.1 Å². The second-order valence-electron chi connectivity index (χ2n) is 5.63. The van der Waals surface area contributed by atoms with Crippen molar-refractivity contribution in [2.75, 3.05) is 0 Å². The molecule has 0 saturated heterocycles. The predicted molar refractivity (Wildman–Crippen MR) is 90.1 cm³/mol. The van der Waals surface area contributed by atoms with Crippen LogP contribution in [0.5, 0.6) is 17.2 Å². The Kier molecular flexibility index (Phi) is 8.96. The quantitative estimate of drug-likeness (QED) is 0.423. The largest absolute Gasteiger partial charge is 1.00 e. The van der Waals surface area contributed by atoms with Gasteiger partial charge in [0.25, 0.3) is 10.1 Å². The van der Waals surface area contributed by atoms with Gasteiger partial charge in [0.2, 0.25) is 0 Å². The molecule has 0 aliphatic carbocycles. The third-order valence-electron chi connectivity index (χ3n) is 3.68. The number of ether oxygens (including phenoxy) is 1. The van der Waals surface area contributed by atoms with E-state index in [1.165, 1.54) is 30.3 Å². The Morgan fingerprint density at radius 2 is 1.72 bits per heavy atom. The molecule has 0 aromatic heterocycles. The Balaban J connectivity index is 0.00000312. The van der Waals surface area contributed by atoms with Crippen molar-refractivity contribution in [2.45, 2.75) is 43.9 Å². The van der Waals surface area contributed by atoms with Gasteiger partial charge in [0.15, 0.2) is 0 Å². The van der Waals surface area contributed by atoms with Crippen molar-refractivity contribution in [3.05, 3.63) is 48.0 Å². The van der Waals surface area contributed by atoms with Crippen molar-refractivity contribution in [2.24, 2.45) is 0 Å². The van der Waals surface area contributed by atoms with Crippen molar-refractivity contribution in [3.63, 3.8) is 0 Å². The first-order valence-corrected chi connectivity index (χ1v) is 9.39. The maximum atomic E-state index is 11.6. The molecule has 0 bridgehead atoms. The van der Waals surface area contributed by atoms with Crippen LogP contribution >= 0.6 is 0 Å². The fourth-order valence-corrected chi connectivity index (χ4v) is 2.88. The summed E-state index contributed by atoms with van der Waals surface area (Å²) < 4.78 is 36.8. The number of aryl methyl sites for hydroxylation is 1. The van der Waals surface area contributed by atoms with Gasteiger partial charge in [0.05, 0.1) is 4.90 Å². The monoisotopic (exact) mass is 372 g/mol. The van der Waals surface area contributed by atoms with E-state index in [4.69, 9.17) is 9.29 Å². The van der Waals surface area contributed by atoms with Gasteiger partial charge in [0.1, 0.15) is 11.5 Å². The molecule has 0 aliphatic rings. The minimum absolute atomic E-state index is 0. The fourth-order valence-electron chi connectivity index (χ4n) is 2.40. The molecule has 0 amide bonds. The maximum absolute atomic E-state index is 11.6. The Bertz CT molecular complexity index is 773. The first kappa shape index (κ1) is 22.0. The maximum Gasteiger partial charge on any atom is 1.00 e. The second kappa shape index (κ2) is 10.2. The molecule has 0 radical (unpaired) electrons. The SMILES string of the molecule is CCCCCCc1cc([O-])ccc1Oc1ccc(S(=O)(=O)O)cc1.[Na+]. The van der Waals surface area contributed by atoms with E-state index in [0.29, 0.717) is 11.5 Å². The molecule has 1 N–H and O–H groups in total. The molecule has 2 aromatic carbocycles. The topological polar surface area (TPSA) is 86.7 Å². The average Bonchev–Trinajstić information content (AvgIpc) is 2.53. The second-order valence-corrected chi connectivity index (χ2v) is 7.05. The fraction of sp³-hybridized carbons (Fsp3) is 0.333. The Labute approximate surface area is 171 Å². The number of hydrogen-bond donors (Lipinski definition) is 1. The Hall–Kier alpha value is -1.05. The first-order valence-electron chi connectivity index (χ1n) is 7.95. The van der Waals surface area contributed by atoms with Gasteiger partial charge in [0, 0.05) is 0 Å². The molecule has 0 atom stereocenters. The summed E-state index contributed by atoms with van der Waals surface area (Å²) in [5.74, 6) is 0.969. The summed E-state index contributed by atoms with van der Waals surface area (Å²) in [5.41, 5.74) is 0.845. The third-order valence-corrected chi connectivity index (χ3v) is 4.55. The van der Waals surface area contributed by atoms with E-state index in [-0.39, 0.29) is 40.2 Å². The van der Waals surface area contributed by atoms with Gasteiger partial charge in [-0.2, -0.15) is 8.42 Å². The number of rotatable bonds is 8. The summed E-state index contributed by atoms with van der Waals surface area (Å²) in [7, 11) is -4.22. The van der Waals surface area contributed by atoms with Gasteiger partial charge in [-0.15, -0.1) is 5.75 Å². The molecule has 7 heteroatoms. The van der Waals surface area contributed by atoms with Crippen LogP contribution in [0.3, 0.4) is 0 Å².